The number of benzene rings is 1. The highest BCUT2D eigenvalue weighted by molar-refractivity contribution is 5.94. The maximum atomic E-state index is 12.1. The van der Waals surface area contributed by atoms with Crippen molar-refractivity contribution in [1.29, 1.82) is 0 Å². The van der Waals surface area contributed by atoms with E-state index in [4.69, 9.17) is 9.15 Å². The number of amides is 2. The Labute approximate surface area is 174 Å². The average Bonchev–Trinajstić information content (AvgIpc) is 3.26. The lowest BCUT2D eigenvalue weighted by Crippen LogP contribution is -2.40. The van der Waals surface area contributed by atoms with Gasteiger partial charge in [-0.15, -0.1) is 0 Å². The standard InChI is InChI=1S/C22H23N5O3/c1-3-29-15-27(18-8-5-4-7-16(18)2)22-25-14-19(30-22)17-9-11-23-20(13-17)26-12-6-10-24-21(26)28/h4-9,11-14H,3,10,15H2,1-2H3,(H,24,28). The van der Waals surface area contributed by atoms with E-state index < -0.39 is 0 Å². The van der Waals surface area contributed by atoms with Crippen LogP contribution in [-0.2, 0) is 4.74 Å². The second-order valence-corrected chi connectivity index (χ2v) is 6.69. The predicted molar refractivity (Wildman–Crippen MR) is 115 cm³/mol. The molecule has 154 valence electrons. The third kappa shape index (κ3) is 4.04. The minimum Gasteiger partial charge on any atom is -0.423 e. The third-order valence-corrected chi connectivity index (χ3v) is 4.68. The molecule has 0 spiro atoms. The summed E-state index contributed by atoms with van der Waals surface area (Å²) >= 11 is 0. The zero-order valence-corrected chi connectivity index (χ0v) is 16.9. The minimum atomic E-state index is -0.220. The molecule has 0 saturated carbocycles. The molecular weight excluding hydrogens is 382 g/mol. The summed E-state index contributed by atoms with van der Waals surface area (Å²) < 4.78 is 11.7. The molecule has 0 radical (unpaired) electrons. The van der Waals surface area contributed by atoms with Crippen LogP contribution >= 0.6 is 0 Å². The van der Waals surface area contributed by atoms with Gasteiger partial charge in [-0.25, -0.2) is 14.8 Å². The monoisotopic (exact) mass is 405 g/mol. The van der Waals surface area contributed by atoms with Crippen LogP contribution in [0, 0.1) is 6.92 Å². The molecule has 1 N–H and O–H groups in total. The molecule has 8 heteroatoms. The molecule has 2 amide bonds. The SMILES string of the molecule is CCOCN(c1ncc(-c2ccnc(N3C=CCNC3=O)c2)o1)c1ccccc1C. The molecule has 3 aromatic rings. The Balaban J connectivity index is 1.65. The van der Waals surface area contributed by atoms with Crippen molar-refractivity contribution in [1.82, 2.24) is 15.3 Å². The second-order valence-electron chi connectivity index (χ2n) is 6.69. The molecule has 4 rings (SSSR count). The number of nitrogens with zero attached hydrogens (tertiary/aromatic N) is 4. The molecule has 1 aliphatic rings. The number of rotatable bonds is 7. The van der Waals surface area contributed by atoms with Crippen molar-refractivity contribution < 1.29 is 13.9 Å². The number of pyridine rings is 1. The van der Waals surface area contributed by atoms with Crippen LogP contribution in [0.15, 0.2) is 65.5 Å². The molecule has 0 saturated heterocycles. The molecular formula is C22H23N5O3. The van der Waals surface area contributed by atoms with Gasteiger partial charge in [-0.3, -0.25) is 9.80 Å². The van der Waals surface area contributed by atoms with E-state index in [1.165, 1.54) is 4.90 Å². The Hall–Kier alpha value is -3.65. The molecule has 0 unspecified atom stereocenters. The van der Waals surface area contributed by atoms with E-state index in [9.17, 15) is 4.79 Å². The highest BCUT2D eigenvalue weighted by Crippen LogP contribution is 2.32. The second kappa shape index (κ2) is 8.79. The number of para-hydroxylation sites is 1. The fourth-order valence-corrected chi connectivity index (χ4v) is 3.14. The van der Waals surface area contributed by atoms with Gasteiger partial charge in [0, 0.05) is 31.1 Å². The van der Waals surface area contributed by atoms with Gasteiger partial charge in [0.1, 0.15) is 12.5 Å². The zero-order chi connectivity index (χ0) is 20.9. The quantitative estimate of drug-likeness (QED) is 0.593. The summed E-state index contributed by atoms with van der Waals surface area (Å²) in [5.74, 6) is 1.08. The van der Waals surface area contributed by atoms with Gasteiger partial charge in [-0.2, -0.15) is 0 Å². The smallest absolute Gasteiger partial charge is 0.327 e. The predicted octanol–water partition coefficient (Wildman–Crippen LogP) is 4.22. The van der Waals surface area contributed by atoms with Crippen molar-refractivity contribution in [2.75, 3.05) is 29.7 Å². The van der Waals surface area contributed by atoms with E-state index in [-0.39, 0.29) is 6.03 Å². The van der Waals surface area contributed by atoms with Gasteiger partial charge >= 0.3 is 12.0 Å². The van der Waals surface area contributed by atoms with Crippen LogP contribution in [0.25, 0.3) is 11.3 Å². The van der Waals surface area contributed by atoms with Crippen LogP contribution in [0.5, 0.6) is 0 Å². The fraction of sp³-hybridized carbons (Fsp3) is 0.227. The Morgan fingerprint density at radius 1 is 1.27 bits per heavy atom. The van der Waals surface area contributed by atoms with Crippen LogP contribution in [0.3, 0.4) is 0 Å². The summed E-state index contributed by atoms with van der Waals surface area (Å²) in [6.45, 7) is 5.39. The van der Waals surface area contributed by atoms with Crippen LogP contribution in [0.2, 0.25) is 0 Å². The van der Waals surface area contributed by atoms with Gasteiger partial charge in [0.25, 0.3) is 0 Å². The van der Waals surface area contributed by atoms with Crippen molar-refractivity contribution in [2.24, 2.45) is 0 Å². The number of urea groups is 1. The van der Waals surface area contributed by atoms with Crippen LogP contribution < -0.4 is 15.1 Å². The Morgan fingerprint density at radius 3 is 2.93 bits per heavy atom. The third-order valence-electron chi connectivity index (χ3n) is 4.68. The Kier molecular flexibility index (Phi) is 5.76. The molecule has 0 fully saturated rings. The minimum absolute atomic E-state index is 0.220. The molecule has 8 nitrogen and oxygen atoms in total. The molecule has 1 aromatic carbocycles. The normalized spacial score (nSPS) is 13.4. The number of hydrogen-bond donors (Lipinski definition) is 1. The summed E-state index contributed by atoms with van der Waals surface area (Å²) in [5, 5.41) is 2.76. The molecule has 0 aliphatic carbocycles. The lowest BCUT2D eigenvalue weighted by molar-refractivity contribution is 0.151. The van der Waals surface area contributed by atoms with E-state index in [1.807, 2.05) is 55.2 Å². The summed E-state index contributed by atoms with van der Waals surface area (Å²) in [6, 6.07) is 11.8. The number of anilines is 3. The first-order valence-corrected chi connectivity index (χ1v) is 9.74. The summed E-state index contributed by atoms with van der Waals surface area (Å²) in [6.07, 6.45) is 6.87. The largest absolute Gasteiger partial charge is 0.423 e. The molecule has 1 aliphatic heterocycles. The maximum Gasteiger partial charge on any atom is 0.327 e. The van der Waals surface area contributed by atoms with Crippen molar-refractivity contribution in [3.63, 3.8) is 0 Å². The van der Waals surface area contributed by atoms with Crippen molar-refractivity contribution >= 4 is 23.6 Å². The van der Waals surface area contributed by atoms with Gasteiger partial charge in [0.2, 0.25) is 0 Å². The van der Waals surface area contributed by atoms with E-state index >= 15 is 0 Å². The number of carbonyl (C=O) groups is 1. The fourth-order valence-electron chi connectivity index (χ4n) is 3.14. The van der Waals surface area contributed by atoms with Crippen LogP contribution in [0.1, 0.15) is 12.5 Å². The summed E-state index contributed by atoms with van der Waals surface area (Å²) in [7, 11) is 0. The number of ether oxygens (including phenoxy) is 1. The maximum absolute atomic E-state index is 12.1. The van der Waals surface area contributed by atoms with Gasteiger partial charge in [0.05, 0.1) is 11.9 Å². The van der Waals surface area contributed by atoms with Crippen molar-refractivity contribution in [3.05, 3.63) is 66.6 Å². The topological polar surface area (TPSA) is 83.7 Å². The van der Waals surface area contributed by atoms with E-state index in [0.717, 1.165) is 16.8 Å². The molecule has 2 aromatic heterocycles. The lowest BCUT2D eigenvalue weighted by atomic mass is 10.2. The van der Waals surface area contributed by atoms with E-state index in [0.29, 0.717) is 37.5 Å². The van der Waals surface area contributed by atoms with E-state index in [1.54, 1.807) is 24.7 Å². The number of hydrogen-bond acceptors (Lipinski definition) is 6. The molecule has 30 heavy (non-hydrogen) atoms. The number of aryl methyl sites for hydroxylation is 1. The molecule has 3 heterocycles. The number of aromatic nitrogens is 2. The summed E-state index contributed by atoms with van der Waals surface area (Å²) in [4.78, 5) is 24.2. The Bertz CT molecular complexity index is 1060. The van der Waals surface area contributed by atoms with Gasteiger partial charge < -0.3 is 14.5 Å². The molecule has 0 bridgehead atoms. The van der Waals surface area contributed by atoms with Crippen LogP contribution in [0.4, 0.5) is 22.3 Å². The number of carbonyl (C=O) groups excluding carboxylic acids is 1. The van der Waals surface area contributed by atoms with Crippen LogP contribution in [-0.4, -0.2) is 35.9 Å². The van der Waals surface area contributed by atoms with Crippen molar-refractivity contribution in [3.8, 4) is 11.3 Å². The number of nitrogens with one attached hydrogen (secondary N) is 1. The zero-order valence-electron chi connectivity index (χ0n) is 16.9. The Morgan fingerprint density at radius 2 is 2.13 bits per heavy atom. The van der Waals surface area contributed by atoms with Crippen molar-refractivity contribution in [2.45, 2.75) is 13.8 Å². The van der Waals surface area contributed by atoms with Gasteiger partial charge in [0.15, 0.2) is 5.76 Å². The first-order chi connectivity index (χ1) is 14.7. The highest BCUT2D eigenvalue weighted by Gasteiger charge is 2.20. The van der Waals surface area contributed by atoms with Gasteiger partial charge in [-0.05, 0) is 43.7 Å². The summed E-state index contributed by atoms with van der Waals surface area (Å²) in [5.41, 5.74) is 2.82. The van der Waals surface area contributed by atoms with E-state index in [2.05, 4.69) is 15.3 Å². The number of oxazole rings is 1. The molecule has 0 atom stereocenters. The average molecular weight is 405 g/mol. The highest BCUT2D eigenvalue weighted by atomic mass is 16.5. The van der Waals surface area contributed by atoms with Gasteiger partial charge in [-0.1, -0.05) is 18.2 Å². The lowest BCUT2D eigenvalue weighted by Gasteiger charge is -2.22. The first kappa shape index (κ1) is 19.7. The first-order valence-electron chi connectivity index (χ1n) is 9.74.